The van der Waals surface area contributed by atoms with E-state index < -0.39 is 27.6 Å². The van der Waals surface area contributed by atoms with E-state index in [1.54, 1.807) is 27.7 Å². The fraction of sp³-hybridized carbons (Fsp3) is 0.400. The Kier molecular flexibility index (Phi) is 4.53. The molecule has 0 aliphatic carbocycles. The lowest BCUT2D eigenvalue weighted by Gasteiger charge is -2.17. The maximum absolute atomic E-state index is 11.3. The lowest BCUT2D eigenvalue weighted by atomic mass is 9.99. The van der Waals surface area contributed by atoms with Crippen LogP contribution in [-0.2, 0) is 10.7 Å². The van der Waals surface area contributed by atoms with Gasteiger partial charge in [0.05, 0.1) is 0 Å². The van der Waals surface area contributed by atoms with E-state index in [0.29, 0.717) is 11.1 Å². The average Bonchev–Trinajstić information content (AvgIpc) is 2.20. The van der Waals surface area contributed by atoms with E-state index in [1.807, 2.05) is 0 Å². The first kappa shape index (κ1) is 15.6. The summed E-state index contributed by atoms with van der Waals surface area (Å²) in [5, 5.41) is 0. The number of phosphoric ester groups is 1. The molecule has 0 spiro atoms. The molecule has 102 valence electrons. The second-order valence-electron chi connectivity index (χ2n) is 3.94. The fourth-order valence-electron chi connectivity index (χ4n) is 1.65. The first-order valence-corrected chi connectivity index (χ1v) is 9.34. The molecule has 0 amide bonds. The maximum Gasteiger partial charge on any atom is 0.524 e. The zero-order chi connectivity index (χ0) is 14.2. The van der Waals surface area contributed by atoms with E-state index in [2.05, 4.69) is 4.52 Å². The molecule has 18 heavy (non-hydrogen) atoms. The summed E-state index contributed by atoms with van der Waals surface area (Å²) in [6.07, 6.45) is 0. The molecule has 1 rings (SSSR count). The molecule has 0 fully saturated rings. The van der Waals surface area contributed by atoms with E-state index in [0.717, 1.165) is 11.1 Å². The summed E-state index contributed by atoms with van der Waals surface area (Å²) in [6, 6.07) is 0. The molecule has 1 aromatic rings. The van der Waals surface area contributed by atoms with Crippen LogP contribution in [-0.4, -0.2) is 9.79 Å². The highest BCUT2D eigenvalue weighted by Gasteiger charge is 2.26. The maximum atomic E-state index is 11.3. The summed E-state index contributed by atoms with van der Waals surface area (Å²) in [5.74, 6) is -0.223. The predicted octanol–water partition coefficient (Wildman–Crippen LogP) is 2.76. The minimum Gasteiger partial charge on any atom is -0.403 e. The van der Waals surface area contributed by atoms with Crippen LogP contribution in [0.1, 0.15) is 22.3 Å². The van der Waals surface area contributed by atoms with Gasteiger partial charge in [0.25, 0.3) is 0 Å². The molecule has 0 bridgehead atoms. The third-order valence-corrected chi connectivity index (χ3v) is 5.52. The molecule has 0 aliphatic heterocycles. The average molecular weight is 388 g/mol. The number of halogens is 1. The Balaban J connectivity index is 3.72. The summed E-state index contributed by atoms with van der Waals surface area (Å²) >= 11 is -3.92. The van der Waals surface area contributed by atoms with Gasteiger partial charge in [0.1, 0.15) is 3.57 Å². The summed E-state index contributed by atoms with van der Waals surface area (Å²) in [5.41, 5.74) is 2.47. The van der Waals surface area contributed by atoms with E-state index in [-0.39, 0.29) is 9.32 Å². The zero-order valence-corrected chi connectivity index (χ0v) is 13.4. The van der Waals surface area contributed by atoms with Crippen molar-refractivity contribution in [3.8, 4) is 5.75 Å². The van der Waals surface area contributed by atoms with Crippen molar-refractivity contribution < 1.29 is 25.0 Å². The van der Waals surface area contributed by atoms with Gasteiger partial charge >= 0.3 is 27.6 Å². The van der Waals surface area contributed by atoms with Gasteiger partial charge < -0.3 is 4.52 Å². The summed E-state index contributed by atoms with van der Waals surface area (Å²) in [7, 11) is -4.79. The Labute approximate surface area is 112 Å². The Morgan fingerprint density at radius 3 is 1.78 bits per heavy atom. The summed E-state index contributed by atoms with van der Waals surface area (Å²) in [4.78, 5) is 17.7. The van der Waals surface area contributed by atoms with Crippen molar-refractivity contribution >= 4 is 27.6 Å². The van der Waals surface area contributed by atoms with Gasteiger partial charge in [-0.25, -0.2) is 10.7 Å². The smallest absolute Gasteiger partial charge is 0.403 e. The molecule has 0 saturated carbocycles. The molecule has 0 aromatic heterocycles. The van der Waals surface area contributed by atoms with Gasteiger partial charge in [-0.3, -0.25) is 9.79 Å². The highest BCUT2D eigenvalue weighted by Crippen LogP contribution is 2.45. The van der Waals surface area contributed by atoms with Gasteiger partial charge in [0.2, 0.25) is 0 Å². The topological polar surface area (TPSA) is 101 Å². The number of rotatable bonds is 3. The predicted molar refractivity (Wildman–Crippen MR) is 72.2 cm³/mol. The van der Waals surface area contributed by atoms with Crippen molar-refractivity contribution in [3.63, 3.8) is 0 Å². The van der Waals surface area contributed by atoms with Crippen molar-refractivity contribution in [1.29, 1.82) is 0 Å². The molecule has 0 radical (unpaired) electrons. The third-order valence-electron chi connectivity index (χ3n) is 2.92. The first-order chi connectivity index (χ1) is 8.06. The van der Waals surface area contributed by atoms with Crippen molar-refractivity contribution in [2.24, 2.45) is 0 Å². The largest absolute Gasteiger partial charge is 0.524 e. The van der Waals surface area contributed by atoms with E-state index in [1.165, 1.54) is 0 Å². The Hall–Kier alpha value is -0.500. The number of hydrogen-bond acceptors (Lipinski definition) is 4. The third kappa shape index (κ3) is 3.09. The van der Waals surface area contributed by atoms with Gasteiger partial charge in [-0.2, -0.15) is 0 Å². The molecule has 0 heterocycles. The highest BCUT2D eigenvalue weighted by molar-refractivity contribution is 14.2. The van der Waals surface area contributed by atoms with Crippen LogP contribution in [0, 0.1) is 31.3 Å². The van der Waals surface area contributed by atoms with Crippen LogP contribution in [0.3, 0.4) is 0 Å². The number of phosphoric acid groups is 1. The molecule has 8 heteroatoms. The second-order valence-corrected chi connectivity index (χ2v) is 7.43. The molecule has 1 aromatic carbocycles. The van der Waals surface area contributed by atoms with Crippen LogP contribution in [0.15, 0.2) is 0 Å². The fourth-order valence-corrected chi connectivity index (χ4v) is 4.27. The number of hydrogen-bond donors (Lipinski definition) is 2. The second kappa shape index (κ2) is 5.24. The zero-order valence-electron chi connectivity index (χ0n) is 10.4. The van der Waals surface area contributed by atoms with Gasteiger partial charge in [-0.15, -0.1) is 0 Å². The molecular weight excluding hydrogens is 374 g/mol. The van der Waals surface area contributed by atoms with Crippen LogP contribution < -0.4 is 4.52 Å². The van der Waals surface area contributed by atoms with Crippen LogP contribution in [0.2, 0.25) is 0 Å². The monoisotopic (exact) mass is 388 g/mol. The van der Waals surface area contributed by atoms with E-state index >= 15 is 0 Å². The standard InChI is InChI=1S/C10H14IO6P/c1-5-6(2)8(4)10(17-18(14,15)16)9(7(5)3)11(12)13/h1-4H3,(H2,14,15,16). The summed E-state index contributed by atoms with van der Waals surface area (Å²) < 4.78 is 38.1. The quantitative estimate of drug-likeness (QED) is 0.610. The van der Waals surface area contributed by atoms with Crippen molar-refractivity contribution in [1.82, 2.24) is 0 Å². The van der Waals surface area contributed by atoms with Gasteiger partial charge in [0.15, 0.2) is 5.75 Å². The highest BCUT2D eigenvalue weighted by atomic mass is 127. The van der Waals surface area contributed by atoms with Gasteiger partial charge in [0, 0.05) is 0 Å². The van der Waals surface area contributed by atoms with Gasteiger partial charge in [-0.1, -0.05) is 0 Å². The molecule has 0 aliphatic rings. The Morgan fingerprint density at radius 1 is 0.944 bits per heavy atom. The molecule has 0 saturated heterocycles. The van der Waals surface area contributed by atoms with E-state index in [4.69, 9.17) is 9.79 Å². The minimum absolute atomic E-state index is 0.0804. The molecule has 0 atom stereocenters. The lowest BCUT2D eigenvalue weighted by Crippen LogP contribution is -2.02. The first-order valence-electron chi connectivity index (χ1n) is 4.97. The minimum atomic E-state index is -4.79. The molecular formula is C10H14IO6P. The van der Waals surface area contributed by atoms with Crippen molar-refractivity contribution in [3.05, 3.63) is 25.8 Å². The SMILES string of the molecule is Cc1c(C)c(C)c(I(=O)=O)c(OP(=O)(O)O)c1C. The summed E-state index contributed by atoms with van der Waals surface area (Å²) in [6.45, 7) is 6.70. The van der Waals surface area contributed by atoms with Crippen LogP contribution in [0.5, 0.6) is 5.75 Å². The molecule has 2 N–H and O–H groups in total. The van der Waals surface area contributed by atoms with Crippen LogP contribution >= 0.6 is 27.6 Å². The Morgan fingerprint density at radius 2 is 1.39 bits per heavy atom. The van der Waals surface area contributed by atoms with Crippen molar-refractivity contribution in [2.45, 2.75) is 27.7 Å². The van der Waals surface area contributed by atoms with Crippen LogP contribution in [0.25, 0.3) is 0 Å². The lowest BCUT2D eigenvalue weighted by molar-refractivity contribution is 0.281. The number of benzene rings is 1. The molecule has 6 nitrogen and oxygen atoms in total. The normalized spacial score (nSPS) is 11.9. The van der Waals surface area contributed by atoms with Crippen LogP contribution in [0.4, 0.5) is 0 Å². The van der Waals surface area contributed by atoms with Crippen molar-refractivity contribution in [2.75, 3.05) is 0 Å². The van der Waals surface area contributed by atoms with E-state index in [9.17, 15) is 10.7 Å². The Bertz CT molecular complexity index is 606. The molecule has 0 unspecified atom stereocenters. The van der Waals surface area contributed by atoms with Gasteiger partial charge in [-0.05, 0) is 49.9 Å².